The molecule has 2 saturated heterocycles. The van der Waals surface area contributed by atoms with Crippen LogP contribution in [0, 0.1) is 5.92 Å². The first-order valence-electron chi connectivity index (χ1n) is 5.16. The fourth-order valence-corrected chi connectivity index (χ4v) is 2.38. The van der Waals surface area contributed by atoms with E-state index in [9.17, 15) is 9.59 Å². The maximum atomic E-state index is 11.6. The first-order valence-corrected chi connectivity index (χ1v) is 5.16. The summed E-state index contributed by atoms with van der Waals surface area (Å²) in [5, 5.41) is 2.32. The Balaban J connectivity index is 2.04. The van der Waals surface area contributed by atoms with Crippen molar-refractivity contribution in [1.82, 2.24) is 5.32 Å². The average molecular weight is 205 g/mol. The van der Waals surface area contributed by atoms with Crippen LogP contribution in [0.5, 0.6) is 0 Å². The fourth-order valence-electron chi connectivity index (χ4n) is 2.38. The number of hydrogen-bond donors (Lipinski definition) is 1. The molecule has 2 amide bonds. The van der Waals surface area contributed by atoms with Crippen molar-refractivity contribution in [1.29, 1.82) is 0 Å². The van der Waals surface area contributed by atoms with E-state index in [1.54, 1.807) is 6.08 Å². The van der Waals surface area contributed by atoms with Crippen molar-refractivity contribution in [3.63, 3.8) is 0 Å². The van der Waals surface area contributed by atoms with Crippen LogP contribution in [0.3, 0.4) is 0 Å². The van der Waals surface area contributed by atoms with Crippen LogP contribution in [0.4, 0.5) is 0 Å². The molecule has 15 heavy (non-hydrogen) atoms. The Hall–Kier alpha value is -1.58. The molecule has 2 heterocycles. The summed E-state index contributed by atoms with van der Waals surface area (Å²) in [6, 6.07) is 0. The molecule has 2 aliphatic heterocycles. The van der Waals surface area contributed by atoms with E-state index in [1.165, 1.54) is 0 Å². The molecule has 1 N–H and O–H groups in total. The van der Waals surface area contributed by atoms with Crippen molar-refractivity contribution in [2.24, 2.45) is 5.92 Å². The highest BCUT2D eigenvalue weighted by Gasteiger charge is 2.72. The lowest BCUT2D eigenvalue weighted by Gasteiger charge is -2.08. The van der Waals surface area contributed by atoms with E-state index in [1.807, 2.05) is 6.08 Å². The molecule has 0 saturated carbocycles. The largest absolute Gasteiger partial charge is 0.467 e. The molecule has 0 radical (unpaired) electrons. The predicted octanol–water partition coefficient (Wildman–Crippen LogP) is 0.652. The minimum absolute atomic E-state index is 0.248. The molecule has 2 fully saturated rings. The summed E-state index contributed by atoms with van der Waals surface area (Å²) >= 11 is 0. The molecule has 1 spiro atoms. The number of ether oxygens (including phenoxy) is 1. The van der Waals surface area contributed by atoms with E-state index in [2.05, 4.69) is 12.2 Å². The topological polar surface area (TPSA) is 58.7 Å². The minimum Gasteiger partial charge on any atom is -0.467 e. The van der Waals surface area contributed by atoms with Gasteiger partial charge in [0.1, 0.15) is 5.92 Å². The summed E-state index contributed by atoms with van der Waals surface area (Å²) in [5.41, 5.74) is 0.106. The van der Waals surface area contributed by atoms with E-state index in [0.717, 1.165) is 18.4 Å². The Kier molecular flexibility index (Phi) is 1.45. The lowest BCUT2D eigenvalue weighted by Crippen LogP contribution is -2.29. The molecular weight excluding hydrogens is 194 g/mol. The number of nitrogens with one attached hydrogen (secondary N) is 1. The first kappa shape index (κ1) is 8.71. The fraction of sp³-hybridized carbons (Fsp3) is 0.455. The predicted molar refractivity (Wildman–Crippen MR) is 51.5 cm³/mol. The molecule has 4 heteroatoms. The molecule has 2 atom stereocenters. The zero-order valence-electron chi connectivity index (χ0n) is 8.37. The van der Waals surface area contributed by atoms with Gasteiger partial charge in [0.2, 0.25) is 5.91 Å². The maximum Gasteiger partial charge on any atom is 0.279 e. The van der Waals surface area contributed by atoms with Crippen molar-refractivity contribution >= 4 is 11.8 Å². The van der Waals surface area contributed by atoms with Crippen molar-refractivity contribution in [3.05, 3.63) is 23.5 Å². The SMILES string of the molecule is CCCC1=C2OC23C(=O)NC(=O)[C@H]3C=C1. The standard InChI is InChI=1S/C11H11NO3/c1-2-3-6-4-5-7-9(13)12-10(14)11(7)8(6)15-11/h4-5,7H,2-3H2,1H3,(H,12,13,14)/t7-,11?/m1/s1. The summed E-state index contributed by atoms with van der Waals surface area (Å²) in [7, 11) is 0. The number of carbonyl (C=O) groups excluding carboxylic acids is 2. The van der Waals surface area contributed by atoms with Crippen LogP contribution in [-0.4, -0.2) is 17.4 Å². The smallest absolute Gasteiger partial charge is 0.279 e. The molecule has 3 rings (SSSR count). The highest BCUT2D eigenvalue weighted by molar-refractivity contribution is 6.14. The highest BCUT2D eigenvalue weighted by atomic mass is 16.6. The van der Waals surface area contributed by atoms with E-state index >= 15 is 0 Å². The Morgan fingerprint density at radius 2 is 2.33 bits per heavy atom. The summed E-state index contributed by atoms with van der Waals surface area (Å²) in [6.07, 6.45) is 5.58. The number of carbonyl (C=O) groups is 2. The normalized spacial score (nSPS) is 35.9. The molecule has 0 bridgehead atoms. The van der Waals surface area contributed by atoms with E-state index in [0.29, 0.717) is 5.76 Å². The second-order valence-electron chi connectivity index (χ2n) is 4.10. The third-order valence-electron chi connectivity index (χ3n) is 3.15. The maximum absolute atomic E-state index is 11.6. The van der Waals surface area contributed by atoms with Gasteiger partial charge in [0.25, 0.3) is 11.5 Å². The third-order valence-corrected chi connectivity index (χ3v) is 3.15. The number of rotatable bonds is 2. The first-order chi connectivity index (χ1) is 7.20. The highest BCUT2D eigenvalue weighted by Crippen LogP contribution is 2.55. The van der Waals surface area contributed by atoms with Crippen LogP contribution in [0.15, 0.2) is 23.5 Å². The van der Waals surface area contributed by atoms with Gasteiger partial charge < -0.3 is 4.74 Å². The van der Waals surface area contributed by atoms with Crippen LogP contribution in [0.25, 0.3) is 0 Å². The number of imide groups is 1. The van der Waals surface area contributed by atoms with Gasteiger partial charge in [-0.05, 0) is 12.0 Å². The molecule has 0 aromatic carbocycles. The Labute approximate surface area is 87.0 Å². The number of epoxide rings is 1. The minimum atomic E-state index is -0.948. The summed E-state index contributed by atoms with van der Waals surface area (Å²) in [4.78, 5) is 23.0. The van der Waals surface area contributed by atoms with Gasteiger partial charge in [-0.2, -0.15) is 0 Å². The van der Waals surface area contributed by atoms with Crippen molar-refractivity contribution < 1.29 is 14.3 Å². The monoisotopic (exact) mass is 205 g/mol. The van der Waals surface area contributed by atoms with Crippen molar-refractivity contribution in [3.8, 4) is 0 Å². The van der Waals surface area contributed by atoms with Gasteiger partial charge in [-0.1, -0.05) is 25.5 Å². The molecular formula is C11H11NO3. The molecule has 0 aromatic rings. The van der Waals surface area contributed by atoms with E-state index in [4.69, 9.17) is 4.74 Å². The van der Waals surface area contributed by atoms with Gasteiger partial charge in [-0.15, -0.1) is 0 Å². The van der Waals surface area contributed by atoms with Gasteiger partial charge in [0.15, 0.2) is 5.76 Å². The van der Waals surface area contributed by atoms with Gasteiger partial charge in [0, 0.05) is 0 Å². The van der Waals surface area contributed by atoms with Gasteiger partial charge in [-0.25, -0.2) is 0 Å². The molecule has 4 nitrogen and oxygen atoms in total. The Morgan fingerprint density at radius 1 is 1.53 bits per heavy atom. The van der Waals surface area contributed by atoms with Gasteiger partial charge >= 0.3 is 0 Å². The van der Waals surface area contributed by atoms with Gasteiger partial charge in [-0.3, -0.25) is 14.9 Å². The van der Waals surface area contributed by atoms with Crippen molar-refractivity contribution in [2.45, 2.75) is 25.4 Å². The quantitative estimate of drug-likeness (QED) is 0.532. The number of hydrogen-bond acceptors (Lipinski definition) is 3. The molecule has 3 aliphatic rings. The second kappa shape index (κ2) is 2.51. The van der Waals surface area contributed by atoms with Crippen LogP contribution in [0.2, 0.25) is 0 Å². The lowest BCUT2D eigenvalue weighted by molar-refractivity contribution is -0.126. The summed E-state index contributed by atoms with van der Waals surface area (Å²) < 4.78 is 5.42. The zero-order chi connectivity index (χ0) is 10.6. The number of allylic oxidation sites excluding steroid dienone is 2. The molecule has 1 aliphatic carbocycles. The average Bonchev–Trinajstić information content (AvgIpc) is 2.89. The molecule has 1 unspecified atom stereocenters. The Bertz CT molecular complexity index is 435. The summed E-state index contributed by atoms with van der Waals surface area (Å²) in [5.74, 6) is -0.284. The second-order valence-corrected chi connectivity index (χ2v) is 4.10. The van der Waals surface area contributed by atoms with E-state index < -0.39 is 11.5 Å². The lowest BCUT2D eigenvalue weighted by atomic mass is 9.86. The van der Waals surface area contributed by atoms with Gasteiger partial charge in [0.05, 0.1) is 0 Å². The van der Waals surface area contributed by atoms with Crippen molar-refractivity contribution in [2.75, 3.05) is 0 Å². The van der Waals surface area contributed by atoms with Crippen LogP contribution in [0.1, 0.15) is 19.8 Å². The van der Waals surface area contributed by atoms with Crippen LogP contribution >= 0.6 is 0 Å². The van der Waals surface area contributed by atoms with Crippen LogP contribution < -0.4 is 5.32 Å². The van der Waals surface area contributed by atoms with E-state index in [-0.39, 0.29) is 11.8 Å². The summed E-state index contributed by atoms with van der Waals surface area (Å²) in [6.45, 7) is 2.07. The number of amides is 2. The zero-order valence-corrected chi connectivity index (χ0v) is 8.37. The van der Waals surface area contributed by atoms with Crippen LogP contribution in [-0.2, 0) is 14.3 Å². The molecule has 0 aromatic heterocycles. The Morgan fingerprint density at radius 3 is 3.07 bits per heavy atom. The molecule has 78 valence electrons. The third kappa shape index (κ3) is 0.868.